The normalized spacial score (nSPS) is 24.6. The molecule has 0 aromatic heterocycles. The van der Waals surface area contributed by atoms with E-state index in [1.54, 1.807) is 13.2 Å². The van der Waals surface area contributed by atoms with Gasteiger partial charge in [0.2, 0.25) is 0 Å². The monoisotopic (exact) mass is 398 g/mol. The summed E-state index contributed by atoms with van der Waals surface area (Å²) < 4.78 is 10.6. The number of methoxy groups -OCH3 is 1. The van der Waals surface area contributed by atoms with E-state index in [1.807, 2.05) is 19.9 Å². The smallest absolute Gasteiger partial charge is 0.330 e. The zero-order valence-electron chi connectivity index (χ0n) is 19.4. The molecule has 160 valence electrons. The Morgan fingerprint density at radius 2 is 1.72 bits per heavy atom. The van der Waals surface area contributed by atoms with Crippen LogP contribution < -0.4 is 0 Å². The summed E-state index contributed by atoms with van der Waals surface area (Å²) in [5.74, 6) is 1.53. The molecule has 3 atom stereocenters. The van der Waals surface area contributed by atoms with Gasteiger partial charge in [-0.25, -0.2) is 4.79 Å². The number of carbonyl (C=O) groups excluding carboxylic acids is 1. The Bertz CT molecular complexity index is 746. The highest BCUT2D eigenvalue weighted by Gasteiger charge is 2.60. The number of hydrogen-bond donors (Lipinski definition) is 0. The minimum atomic E-state index is -0.284. The van der Waals surface area contributed by atoms with E-state index in [9.17, 15) is 4.79 Å². The molecule has 2 rings (SSSR count). The van der Waals surface area contributed by atoms with Gasteiger partial charge in [0.05, 0.1) is 13.2 Å². The van der Waals surface area contributed by atoms with Gasteiger partial charge in [0.15, 0.2) is 0 Å². The van der Waals surface area contributed by atoms with Crippen LogP contribution in [0.25, 0.3) is 0 Å². The highest BCUT2D eigenvalue weighted by atomic mass is 16.5. The van der Waals surface area contributed by atoms with E-state index < -0.39 is 0 Å². The molecule has 1 fully saturated rings. The molecule has 3 nitrogen and oxygen atoms in total. The molecule has 0 radical (unpaired) electrons. The van der Waals surface area contributed by atoms with Crippen LogP contribution in [0.15, 0.2) is 42.0 Å². The van der Waals surface area contributed by atoms with E-state index >= 15 is 0 Å². The molecule has 0 heterocycles. The van der Waals surface area contributed by atoms with Gasteiger partial charge in [-0.15, -0.1) is 0 Å². The number of benzene rings is 1. The van der Waals surface area contributed by atoms with Gasteiger partial charge in [0, 0.05) is 18.6 Å². The lowest BCUT2D eigenvalue weighted by molar-refractivity contribution is -0.137. The van der Waals surface area contributed by atoms with Gasteiger partial charge in [-0.2, -0.15) is 0 Å². The first-order chi connectivity index (χ1) is 13.6. The van der Waals surface area contributed by atoms with Crippen LogP contribution in [0, 0.1) is 11.8 Å². The lowest BCUT2D eigenvalue weighted by atomic mass is 9.86. The fourth-order valence-electron chi connectivity index (χ4n) is 4.16. The number of esters is 1. The lowest BCUT2D eigenvalue weighted by Gasteiger charge is -2.19. The number of ether oxygens (including phenoxy) is 2. The summed E-state index contributed by atoms with van der Waals surface area (Å²) >= 11 is 0. The summed E-state index contributed by atoms with van der Waals surface area (Å²) in [5, 5.41) is 0. The first kappa shape index (κ1) is 23.4. The largest absolute Gasteiger partial charge is 0.463 e. The first-order valence-corrected chi connectivity index (χ1v) is 10.8. The van der Waals surface area contributed by atoms with E-state index in [2.05, 4.69) is 58.9 Å². The highest BCUT2D eigenvalue weighted by molar-refractivity contribution is 5.83. The molecular formula is C26H38O3. The number of rotatable bonds is 9. The van der Waals surface area contributed by atoms with Crippen LogP contribution in [0.4, 0.5) is 0 Å². The lowest BCUT2D eigenvalue weighted by Crippen LogP contribution is -2.10. The third kappa shape index (κ3) is 5.39. The number of allylic oxidation sites excluding steroid dienone is 3. The van der Waals surface area contributed by atoms with E-state index in [0.717, 1.165) is 12.2 Å². The van der Waals surface area contributed by atoms with E-state index in [0.29, 0.717) is 30.3 Å². The number of hydrogen-bond acceptors (Lipinski definition) is 3. The molecule has 0 saturated heterocycles. The Balaban J connectivity index is 2.35. The van der Waals surface area contributed by atoms with Gasteiger partial charge in [0.1, 0.15) is 0 Å². The van der Waals surface area contributed by atoms with Gasteiger partial charge in [-0.05, 0) is 59.8 Å². The molecule has 3 heteroatoms. The maximum atomic E-state index is 11.7. The Hall–Kier alpha value is -1.87. The van der Waals surface area contributed by atoms with E-state index in [-0.39, 0.29) is 11.4 Å². The highest BCUT2D eigenvalue weighted by Crippen LogP contribution is 2.61. The second kappa shape index (κ2) is 9.75. The van der Waals surface area contributed by atoms with Crippen molar-refractivity contribution in [3.63, 3.8) is 0 Å². The Morgan fingerprint density at radius 1 is 1.14 bits per heavy atom. The van der Waals surface area contributed by atoms with E-state index in [1.165, 1.54) is 16.7 Å². The first-order valence-electron chi connectivity index (χ1n) is 10.8. The van der Waals surface area contributed by atoms with Crippen LogP contribution in [0.5, 0.6) is 0 Å². The molecule has 1 aliphatic rings. The molecule has 1 saturated carbocycles. The van der Waals surface area contributed by atoms with Crippen molar-refractivity contribution in [2.45, 2.75) is 65.7 Å². The maximum Gasteiger partial charge on any atom is 0.330 e. The van der Waals surface area contributed by atoms with Crippen molar-refractivity contribution in [2.75, 3.05) is 20.3 Å². The fourth-order valence-corrected chi connectivity index (χ4v) is 4.16. The second-order valence-electron chi connectivity index (χ2n) is 9.07. The van der Waals surface area contributed by atoms with E-state index in [4.69, 9.17) is 9.47 Å². The van der Waals surface area contributed by atoms with Crippen molar-refractivity contribution in [3.8, 4) is 0 Å². The molecule has 0 bridgehead atoms. The minimum Gasteiger partial charge on any atom is -0.463 e. The third-order valence-corrected chi connectivity index (χ3v) is 6.26. The average Bonchev–Trinajstić information content (AvgIpc) is 3.23. The number of carbonyl (C=O) groups is 1. The van der Waals surface area contributed by atoms with Gasteiger partial charge >= 0.3 is 5.97 Å². The summed E-state index contributed by atoms with van der Waals surface area (Å²) in [4.78, 5) is 11.7. The SMILES string of the molecule is CCOC(=O)/C=C(C)/C=C/[C@H]1[C@H](COC)[C@]1(C)c1cc(C(C)C)cc(C(C)C)c1. The third-order valence-electron chi connectivity index (χ3n) is 6.26. The van der Waals surface area contributed by atoms with Crippen molar-refractivity contribution < 1.29 is 14.3 Å². The molecular weight excluding hydrogens is 360 g/mol. The molecule has 0 spiro atoms. The van der Waals surface area contributed by atoms with Crippen molar-refractivity contribution in [3.05, 3.63) is 58.7 Å². The Labute approximate surface area is 177 Å². The molecule has 0 aliphatic heterocycles. The molecule has 1 aliphatic carbocycles. The summed E-state index contributed by atoms with van der Waals surface area (Å²) in [6, 6.07) is 7.12. The van der Waals surface area contributed by atoms with Crippen LogP contribution in [0.1, 0.15) is 77.0 Å². The maximum absolute atomic E-state index is 11.7. The van der Waals surface area contributed by atoms with Gasteiger partial charge in [-0.3, -0.25) is 0 Å². The van der Waals surface area contributed by atoms with Crippen molar-refractivity contribution in [1.29, 1.82) is 0 Å². The van der Waals surface area contributed by atoms with Crippen LogP contribution in [0.3, 0.4) is 0 Å². The summed E-state index contributed by atoms with van der Waals surface area (Å²) in [6.07, 6.45) is 5.85. The van der Waals surface area contributed by atoms with Gasteiger partial charge < -0.3 is 9.47 Å². The second-order valence-corrected chi connectivity index (χ2v) is 9.07. The summed E-state index contributed by atoms with van der Waals surface area (Å²) in [5.41, 5.74) is 5.16. The van der Waals surface area contributed by atoms with Gasteiger partial charge in [0.25, 0.3) is 0 Å². The zero-order chi connectivity index (χ0) is 21.8. The van der Waals surface area contributed by atoms with Gasteiger partial charge in [-0.1, -0.05) is 65.0 Å². The van der Waals surface area contributed by atoms with Crippen LogP contribution in [0.2, 0.25) is 0 Å². The fraction of sp³-hybridized carbons (Fsp3) is 0.577. The van der Waals surface area contributed by atoms with Crippen LogP contribution >= 0.6 is 0 Å². The quantitative estimate of drug-likeness (QED) is 0.284. The topological polar surface area (TPSA) is 35.5 Å². The molecule has 0 amide bonds. The molecule has 0 unspecified atom stereocenters. The summed E-state index contributed by atoms with van der Waals surface area (Å²) in [6.45, 7) is 16.3. The zero-order valence-corrected chi connectivity index (χ0v) is 19.4. The molecule has 1 aromatic carbocycles. The Kier molecular flexibility index (Phi) is 7.87. The molecule has 0 N–H and O–H groups in total. The van der Waals surface area contributed by atoms with Crippen molar-refractivity contribution in [1.82, 2.24) is 0 Å². The minimum absolute atomic E-state index is 0.0469. The van der Waals surface area contributed by atoms with Crippen LogP contribution in [-0.4, -0.2) is 26.3 Å². The molecule has 1 aromatic rings. The van der Waals surface area contributed by atoms with Crippen molar-refractivity contribution in [2.24, 2.45) is 11.8 Å². The standard InChI is InChI=1S/C26H38O3/c1-9-29-25(27)12-19(6)10-11-23-24(16-28-8)26(23,7)22-14-20(17(2)3)13-21(15-22)18(4)5/h10-15,17-18,23-24H,9,16H2,1-8H3/b11-10+,19-12+/t23-,24-,26+/m0/s1. The summed E-state index contributed by atoms with van der Waals surface area (Å²) in [7, 11) is 1.77. The Morgan fingerprint density at radius 3 is 2.21 bits per heavy atom. The predicted molar refractivity (Wildman–Crippen MR) is 120 cm³/mol. The average molecular weight is 399 g/mol. The molecule has 29 heavy (non-hydrogen) atoms. The predicted octanol–water partition coefficient (Wildman–Crippen LogP) is 6.15. The van der Waals surface area contributed by atoms with Crippen molar-refractivity contribution >= 4 is 5.97 Å². The van der Waals surface area contributed by atoms with Crippen LogP contribution in [-0.2, 0) is 19.7 Å².